The van der Waals surface area contributed by atoms with Gasteiger partial charge in [-0.1, -0.05) is 18.2 Å². The topological polar surface area (TPSA) is 79.6 Å². The van der Waals surface area contributed by atoms with Crippen LogP contribution in [0.5, 0.6) is 0 Å². The standard InChI is InChI=1S/C23H20N2O4S/c1-15-13-17(9-11-20(15)25-12-4-7-23(25)26)30(27,28)24-16-8-10-19-18-5-2-3-6-21(18)29-22(19)14-16/h2-3,5-6,8-11,13-14,24H,4,7,12H2,1H3. The smallest absolute Gasteiger partial charge is 0.261 e. The molecule has 1 amide bonds. The largest absolute Gasteiger partial charge is 0.456 e. The van der Waals surface area contributed by atoms with Crippen molar-refractivity contribution in [2.75, 3.05) is 16.2 Å². The lowest BCUT2D eigenvalue weighted by Gasteiger charge is -2.19. The minimum atomic E-state index is -3.78. The molecule has 30 heavy (non-hydrogen) atoms. The van der Waals surface area contributed by atoms with Crippen LogP contribution in [0.3, 0.4) is 0 Å². The molecule has 6 nitrogen and oxygen atoms in total. The number of amides is 1. The Kier molecular flexibility index (Phi) is 4.29. The number of rotatable bonds is 4. The average molecular weight is 420 g/mol. The highest BCUT2D eigenvalue weighted by Crippen LogP contribution is 2.32. The van der Waals surface area contributed by atoms with Gasteiger partial charge < -0.3 is 9.32 Å². The van der Waals surface area contributed by atoms with E-state index in [4.69, 9.17) is 4.42 Å². The number of aryl methyl sites for hydroxylation is 1. The van der Waals surface area contributed by atoms with Crippen LogP contribution in [-0.2, 0) is 14.8 Å². The summed E-state index contributed by atoms with van der Waals surface area (Å²) in [6.45, 7) is 2.49. The summed E-state index contributed by atoms with van der Waals surface area (Å²) in [4.78, 5) is 13.9. The first kappa shape index (κ1) is 18.7. The second-order valence-electron chi connectivity index (χ2n) is 7.51. The Bertz CT molecular complexity index is 1410. The van der Waals surface area contributed by atoms with Gasteiger partial charge in [0.2, 0.25) is 5.91 Å². The molecule has 3 aromatic carbocycles. The van der Waals surface area contributed by atoms with E-state index in [0.717, 1.165) is 34.0 Å². The number of hydrogen-bond acceptors (Lipinski definition) is 4. The van der Waals surface area contributed by atoms with Gasteiger partial charge in [0.05, 0.1) is 10.6 Å². The lowest BCUT2D eigenvalue weighted by atomic mass is 10.1. The van der Waals surface area contributed by atoms with Gasteiger partial charge in [-0.2, -0.15) is 0 Å². The van der Waals surface area contributed by atoms with E-state index in [0.29, 0.717) is 24.2 Å². The van der Waals surface area contributed by atoms with Gasteiger partial charge in [-0.15, -0.1) is 0 Å². The van der Waals surface area contributed by atoms with Crippen molar-refractivity contribution in [2.24, 2.45) is 0 Å². The third-order valence-corrected chi connectivity index (χ3v) is 6.85. The van der Waals surface area contributed by atoms with E-state index < -0.39 is 10.0 Å². The van der Waals surface area contributed by atoms with Crippen LogP contribution in [0.25, 0.3) is 21.9 Å². The lowest BCUT2D eigenvalue weighted by molar-refractivity contribution is -0.117. The Morgan fingerprint density at radius 3 is 2.53 bits per heavy atom. The summed E-state index contributed by atoms with van der Waals surface area (Å²) in [5, 5.41) is 1.92. The monoisotopic (exact) mass is 420 g/mol. The van der Waals surface area contributed by atoms with Crippen molar-refractivity contribution in [1.82, 2.24) is 0 Å². The number of anilines is 2. The van der Waals surface area contributed by atoms with E-state index in [1.165, 1.54) is 6.07 Å². The van der Waals surface area contributed by atoms with Gasteiger partial charge in [0.1, 0.15) is 11.2 Å². The predicted molar refractivity (Wildman–Crippen MR) is 117 cm³/mol. The SMILES string of the molecule is Cc1cc(S(=O)(=O)Nc2ccc3c(c2)oc2ccccc23)ccc1N1CCCC1=O. The number of nitrogens with zero attached hydrogens (tertiary/aromatic N) is 1. The molecule has 7 heteroatoms. The Hall–Kier alpha value is -3.32. The maximum absolute atomic E-state index is 12.9. The maximum Gasteiger partial charge on any atom is 0.261 e. The fourth-order valence-electron chi connectivity index (χ4n) is 4.00. The molecular weight excluding hydrogens is 400 g/mol. The summed E-state index contributed by atoms with van der Waals surface area (Å²) in [6.07, 6.45) is 1.36. The molecule has 1 saturated heterocycles. The van der Waals surface area contributed by atoms with Crippen LogP contribution < -0.4 is 9.62 Å². The minimum absolute atomic E-state index is 0.0750. The molecule has 0 spiro atoms. The zero-order chi connectivity index (χ0) is 20.9. The maximum atomic E-state index is 12.9. The van der Waals surface area contributed by atoms with Gasteiger partial charge in [-0.25, -0.2) is 8.42 Å². The number of sulfonamides is 1. The van der Waals surface area contributed by atoms with Crippen LogP contribution in [0.2, 0.25) is 0 Å². The van der Waals surface area contributed by atoms with Crippen LogP contribution in [0.15, 0.2) is 70.0 Å². The van der Waals surface area contributed by atoms with Crippen LogP contribution >= 0.6 is 0 Å². The number of fused-ring (bicyclic) bond motifs is 3. The summed E-state index contributed by atoms with van der Waals surface area (Å²) in [6, 6.07) is 17.8. The molecule has 2 heterocycles. The van der Waals surface area contributed by atoms with Crippen molar-refractivity contribution >= 4 is 49.2 Å². The summed E-state index contributed by atoms with van der Waals surface area (Å²) >= 11 is 0. The molecule has 0 saturated carbocycles. The summed E-state index contributed by atoms with van der Waals surface area (Å²) < 4.78 is 34.3. The molecule has 4 aromatic rings. The number of nitrogens with one attached hydrogen (secondary N) is 1. The third kappa shape index (κ3) is 3.11. The molecule has 0 radical (unpaired) electrons. The quantitative estimate of drug-likeness (QED) is 0.513. The molecule has 0 unspecified atom stereocenters. The Balaban J connectivity index is 1.46. The van der Waals surface area contributed by atoms with Crippen molar-refractivity contribution in [3.63, 3.8) is 0 Å². The first-order valence-corrected chi connectivity index (χ1v) is 11.3. The lowest BCUT2D eigenvalue weighted by Crippen LogP contribution is -2.24. The molecule has 5 rings (SSSR count). The number of carbonyl (C=O) groups is 1. The van der Waals surface area contributed by atoms with Crippen molar-refractivity contribution in [1.29, 1.82) is 0 Å². The first-order valence-electron chi connectivity index (χ1n) is 9.77. The molecule has 1 fully saturated rings. The van der Waals surface area contributed by atoms with Crippen LogP contribution in [-0.4, -0.2) is 20.9 Å². The van der Waals surface area contributed by atoms with Crippen LogP contribution in [0, 0.1) is 6.92 Å². The van der Waals surface area contributed by atoms with Crippen molar-refractivity contribution < 1.29 is 17.6 Å². The van der Waals surface area contributed by atoms with Crippen LogP contribution in [0.1, 0.15) is 18.4 Å². The van der Waals surface area contributed by atoms with E-state index in [-0.39, 0.29) is 10.8 Å². The van der Waals surface area contributed by atoms with Crippen molar-refractivity contribution in [3.8, 4) is 0 Å². The van der Waals surface area contributed by atoms with E-state index in [9.17, 15) is 13.2 Å². The Morgan fingerprint density at radius 1 is 0.967 bits per heavy atom. The number of carbonyl (C=O) groups excluding carboxylic acids is 1. The van der Waals surface area contributed by atoms with E-state index >= 15 is 0 Å². The van der Waals surface area contributed by atoms with Crippen molar-refractivity contribution in [2.45, 2.75) is 24.7 Å². The zero-order valence-corrected chi connectivity index (χ0v) is 17.2. The zero-order valence-electron chi connectivity index (χ0n) is 16.4. The Labute approximate surface area is 174 Å². The highest BCUT2D eigenvalue weighted by molar-refractivity contribution is 7.92. The van der Waals surface area contributed by atoms with Crippen LogP contribution in [0.4, 0.5) is 11.4 Å². The van der Waals surface area contributed by atoms with E-state index in [1.807, 2.05) is 37.3 Å². The molecule has 152 valence electrons. The molecule has 1 N–H and O–H groups in total. The third-order valence-electron chi connectivity index (χ3n) is 5.47. The fraction of sp³-hybridized carbons (Fsp3) is 0.174. The highest BCUT2D eigenvalue weighted by Gasteiger charge is 2.24. The molecule has 1 aromatic heterocycles. The second-order valence-corrected chi connectivity index (χ2v) is 9.19. The van der Waals surface area contributed by atoms with Gasteiger partial charge in [0.15, 0.2) is 0 Å². The predicted octanol–water partition coefficient (Wildman–Crippen LogP) is 4.82. The summed E-state index contributed by atoms with van der Waals surface area (Å²) in [5.41, 5.74) is 3.32. The number of furan rings is 1. The summed E-state index contributed by atoms with van der Waals surface area (Å²) in [5.74, 6) is 0.0750. The van der Waals surface area contributed by atoms with E-state index in [2.05, 4.69) is 4.72 Å². The minimum Gasteiger partial charge on any atom is -0.456 e. The molecule has 0 bridgehead atoms. The van der Waals surface area contributed by atoms with E-state index in [1.54, 1.807) is 29.2 Å². The molecule has 0 atom stereocenters. The first-order chi connectivity index (χ1) is 14.4. The normalized spacial score (nSPS) is 14.7. The van der Waals surface area contributed by atoms with Gasteiger partial charge in [0.25, 0.3) is 10.0 Å². The fourth-order valence-corrected chi connectivity index (χ4v) is 5.14. The van der Waals surface area contributed by atoms with Gasteiger partial charge >= 0.3 is 0 Å². The van der Waals surface area contributed by atoms with Gasteiger partial charge in [-0.3, -0.25) is 9.52 Å². The summed E-state index contributed by atoms with van der Waals surface area (Å²) in [7, 11) is -3.78. The molecule has 1 aliphatic rings. The van der Waals surface area contributed by atoms with Gasteiger partial charge in [-0.05, 0) is 55.3 Å². The van der Waals surface area contributed by atoms with Crippen molar-refractivity contribution in [3.05, 3.63) is 66.2 Å². The number of benzene rings is 3. The van der Waals surface area contributed by atoms with Gasteiger partial charge in [0, 0.05) is 35.5 Å². The average Bonchev–Trinajstić information content (AvgIpc) is 3.30. The molecule has 0 aliphatic carbocycles. The highest BCUT2D eigenvalue weighted by atomic mass is 32.2. The number of para-hydroxylation sites is 1. The molecule has 1 aliphatic heterocycles. The number of hydrogen-bond donors (Lipinski definition) is 1. The molecular formula is C23H20N2O4S. The Morgan fingerprint density at radius 2 is 1.77 bits per heavy atom. The second kappa shape index (κ2) is 6.88.